The lowest BCUT2D eigenvalue weighted by Crippen LogP contribution is -2.02. The quantitative estimate of drug-likeness (QED) is 0.595. The molecule has 2 aromatic rings. The maximum absolute atomic E-state index is 9.69. The molecule has 0 atom stereocenters. The summed E-state index contributed by atoms with van der Waals surface area (Å²) in [4.78, 5) is 12.1. The van der Waals surface area contributed by atoms with Crippen molar-refractivity contribution in [3.05, 3.63) is 30.1 Å². The molecule has 0 unspecified atom stereocenters. The highest BCUT2D eigenvalue weighted by Crippen LogP contribution is 2.25. The minimum Gasteiger partial charge on any atom is -0.507 e. The summed E-state index contributed by atoms with van der Waals surface area (Å²) in [6.45, 7) is 1.69. The minimum atomic E-state index is 0.0843. The van der Waals surface area contributed by atoms with Crippen LogP contribution in [0.3, 0.4) is 0 Å². The van der Waals surface area contributed by atoms with Gasteiger partial charge in [0.15, 0.2) is 12.0 Å². The molecule has 1 heterocycles. The lowest BCUT2D eigenvalue weighted by atomic mass is 10.2. The van der Waals surface area contributed by atoms with Crippen LogP contribution in [0, 0.1) is 18.4 Å². The number of benzene rings is 1. The number of rotatable bonds is 2. The molecule has 0 amide bonds. The molecule has 0 aliphatic carbocycles. The Bertz CT molecular complexity index is 591. The molecule has 6 nitrogen and oxygen atoms in total. The molecular formula is C11H9N5O. The van der Waals surface area contributed by atoms with E-state index in [1.165, 1.54) is 0 Å². The number of aromatic hydroxyl groups is 1. The monoisotopic (exact) mass is 227 g/mol. The number of nitrogens with one attached hydrogen (secondary N) is 1. The van der Waals surface area contributed by atoms with Crippen molar-refractivity contribution in [2.24, 2.45) is 0 Å². The van der Waals surface area contributed by atoms with Gasteiger partial charge in [0, 0.05) is 0 Å². The molecule has 1 aromatic heterocycles. The summed E-state index contributed by atoms with van der Waals surface area (Å²) >= 11 is 0. The topological polar surface area (TPSA) is 94.7 Å². The summed E-state index contributed by atoms with van der Waals surface area (Å²) in [6.07, 6.45) is 1.74. The molecule has 0 spiro atoms. The molecule has 17 heavy (non-hydrogen) atoms. The smallest absolute Gasteiger partial charge is 0.239 e. The second-order valence-electron chi connectivity index (χ2n) is 3.28. The number of nitriles is 1. The summed E-state index contributed by atoms with van der Waals surface area (Å²) in [6, 6.07) is 6.72. The summed E-state index contributed by atoms with van der Waals surface area (Å²) in [5.74, 6) is 1.05. The van der Waals surface area contributed by atoms with Crippen molar-refractivity contribution < 1.29 is 5.11 Å². The maximum atomic E-state index is 9.69. The fourth-order valence-electron chi connectivity index (χ4n) is 1.37. The van der Waals surface area contributed by atoms with Crippen molar-refractivity contribution >= 4 is 5.95 Å². The molecule has 0 saturated heterocycles. The predicted octanol–water partition coefficient (Wildman–Crippen LogP) is 1.45. The Morgan fingerprint density at radius 1 is 1.24 bits per heavy atom. The first-order valence-electron chi connectivity index (χ1n) is 4.87. The van der Waals surface area contributed by atoms with Gasteiger partial charge in [-0.25, -0.2) is 4.98 Å². The molecule has 6 heteroatoms. The molecule has 0 aliphatic rings. The first-order chi connectivity index (χ1) is 8.20. The molecule has 0 saturated carbocycles. The third-order valence-electron chi connectivity index (χ3n) is 2.06. The Labute approximate surface area is 97.6 Å². The van der Waals surface area contributed by atoms with Crippen LogP contribution >= 0.6 is 0 Å². The average molecular weight is 227 g/mol. The molecule has 84 valence electrons. The van der Waals surface area contributed by atoms with Crippen LogP contribution in [-0.4, -0.2) is 20.1 Å². The van der Waals surface area contributed by atoms with Gasteiger partial charge in [-0.05, 0) is 19.1 Å². The predicted molar refractivity (Wildman–Crippen MR) is 60.9 cm³/mol. The van der Waals surface area contributed by atoms with E-state index in [1.807, 2.05) is 0 Å². The number of phenolic OH excluding ortho intramolecular Hbond substituents is 1. The van der Waals surface area contributed by atoms with Gasteiger partial charge in [0.2, 0.25) is 5.95 Å². The van der Waals surface area contributed by atoms with E-state index in [2.05, 4.69) is 20.3 Å². The van der Waals surface area contributed by atoms with E-state index in [0.29, 0.717) is 17.2 Å². The number of aromatic nitrogens is 3. The van der Waals surface area contributed by atoms with E-state index in [9.17, 15) is 5.11 Å². The number of nitrogens with zero attached hydrogens (tertiary/aromatic N) is 4. The summed E-state index contributed by atoms with van der Waals surface area (Å²) in [7, 11) is 0. The van der Waals surface area contributed by atoms with Crippen LogP contribution in [-0.2, 0) is 0 Å². The first kappa shape index (κ1) is 10.8. The van der Waals surface area contributed by atoms with Gasteiger partial charge in [0.05, 0.1) is 5.56 Å². The second-order valence-corrected chi connectivity index (χ2v) is 3.28. The van der Waals surface area contributed by atoms with Crippen LogP contribution in [0.5, 0.6) is 5.75 Å². The van der Waals surface area contributed by atoms with Gasteiger partial charge >= 0.3 is 0 Å². The van der Waals surface area contributed by atoms with Gasteiger partial charge in [-0.3, -0.25) is 5.32 Å². The molecular weight excluding hydrogens is 218 g/mol. The van der Waals surface area contributed by atoms with Gasteiger partial charge in [0.1, 0.15) is 11.6 Å². The van der Waals surface area contributed by atoms with Crippen molar-refractivity contribution in [3.63, 3.8) is 0 Å². The molecule has 0 bridgehead atoms. The van der Waals surface area contributed by atoms with Crippen molar-refractivity contribution in [1.82, 2.24) is 15.0 Å². The van der Waals surface area contributed by atoms with Crippen molar-refractivity contribution in [3.8, 4) is 23.3 Å². The highest BCUT2D eigenvalue weighted by atomic mass is 16.3. The first-order valence-corrected chi connectivity index (χ1v) is 4.87. The maximum Gasteiger partial charge on any atom is 0.239 e. The highest BCUT2D eigenvalue weighted by molar-refractivity contribution is 5.64. The molecule has 0 aliphatic heterocycles. The van der Waals surface area contributed by atoms with Crippen molar-refractivity contribution in [2.75, 3.05) is 5.32 Å². The van der Waals surface area contributed by atoms with Gasteiger partial charge in [-0.1, -0.05) is 12.1 Å². The second kappa shape index (κ2) is 4.45. The normalized spacial score (nSPS) is 9.65. The summed E-state index contributed by atoms with van der Waals surface area (Å²) in [5.41, 5.74) is 0.499. The zero-order valence-corrected chi connectivity index (χ0v) is 9.05. The van der Waals surface area contributed by atoms with Crippen LogP contribution in [0.25, 0.3) is 11.4 Å². The van der Waals surface area contributed by atoms with Gasteiger partial charge in [-0.2, -0.15) is 15.2 Å². The summed E-state index contributed by atoms with van der Waals surface area (Å²) < 4.78 is 0. The van der Waals surface area contributed by atoms with E-state index < -0.39 is 0 Å². The third-order valence-corrected chi connectivity index (χ3v) is 2.06. The summed E-state index contributed by atoms with van der Waals surface area (Å²) in [5, 5.41) is 20.5. The lowest BCUT2D eigenvalue weighted by molar-refractivity contribution is 0.477. The van der Waals surface area contributed by atoms with E-state index in [-0.39, 0.29) is 11.7 Å². The largest absolute Gasteiger partial charge is 0.507 e. The highest BCUT2D eigenvalue weighted by Gasteiger charge is 2.09. The fraction of sp³-hybridized carbons (Fsp3) is 0.0909. The average Bonchev–Trinajstić information content (AvgIpc) is 2.29. The Morgan fingerprint density at radius 3 is 2.71 bits per heavy atom. The molecule has 0 fully saturated rings. The van der Waals surface area contributed by atoms with Gasteiger partial charge in [0.25, 0.3) is 0 Å². The number of hydrogen-bond donors (Lipinski definition) is 2. The molecule has 1 aromatic carbocycles. The molecule has 2 N–H and O–H groups in total. The fourth-order valence-corrected chi connectivity index (χ4v) is 1.37. The van der Waals surface area contributed by atoms with Crippen molar-refractivity contribution in [2.45, 2.75) is 6.92 Å². The molecule has 2 rings (SSSR count). The minimum absolute atomic E-state index is 0.0843. The van der Waals surface area contributed by atoms with Crippen molar-refractivity contribution in [1.29, 1.82) is 5.26 Å². The SMILES string of the molecule is Cc1nc(NC#N)nc(-c2ccccc2O)n1. The zero-order valence-electron chi connectivity index (χ0n) is 9.05. The van der Waals surface area contributed by atoms with Crippen LogP contribution < -0.4 is 5.32 Å². The third kappa shape index (κ3) is 2.29. The van der Waals surface area contributed by atoms with E-state index in [1.54, 1.807) is 37.4 Å². The van der Waals surface area contributed by atoms with E-state index in [0.717, 1.165) is 0 Å². The zero-order chi connectivity index (χ0) is 12.3. The van der Waals surface area contributed by atoms with Crippen LogP contribution in [0.15, 0.2) is 24.3 Å². The number of anilines is 1. The Kier molecular flexibility index (Phi) is 2.83. The Morgan fingerprint density at radius 2 is 2.00 bits per heavy atom. The van der Waals surface area contributed by atoms with Gasteiger partial charge < -0.3 is 5.11 Å². The van der Waals surface area contributed by atoms with E-state index in [4.69, 9.17) is 5.26 Å². The van der Waals surface area contributed by atoms with Crippen LogP contribution in [0.2, 0.25) is 0 Å². The number of phenols is 1. The van der Waals surface area contributed by atoms with Crippen LogP contribution in [0.1, 0.15) is 5.82 Å². The molecule has 0 radical (unpaired) electrons. The Balaban J connectivity index is 2.53. The van der Waals surface area contributed by atoms with E-state index >= 15 is 0 Å². The number of hydrogen-bond acceptors (Lipinski definition) is 6. The standard InChI is InChI=1S/C11H9N5O/c1-7-14-10(16-11(15-7)13-6-12)8-4-2-3-5-9(8)17/h2-5,17H,1H3,(H,13,14,15,16). The Hall–Kier alpha value is -2.68. The number of aryl methyl sites for hydroxylation is 1. The lowest BCUT2D eigenvalue weighted by Gasteiger charge is -2.04. The number of para-hydroxylation sites is 1. The van der Waals surface area contributed by atoms with Crippen LogP contribution in [0.4, 0.5) is 5.95 Å². The van der Waals surface area contributed by atoms with Gasteiger partial charge in [-0.15, -0.1) is 0 Å².